The second kappa shape index (κ2) is 20.3. The third-order valence-corrected chi connectivity index (χ3v) is 15.1. The molecule has 380 valence electrons. The number of amides is 2. The number of carbonyl (C=O) groups is 2. The normalized spacial score (nSPS) is 18.5. The zero-order valence-corrected chi connectivity index (χ0v) is 42.2. The molecule has 0 spiro atoms. The first-order valence-corrected chi connectivity index (χ1v) is 25.8. The number of likely N-dealkylation sites (tertiary alicyclic amines) is 1. The summed E-state index contributed by atoms with van der Waals surface area (Å²) >= 11 is 3.50. The number of ether oxygens (including phenoxy) is 2. The summed E-state index contributed by atoms with van der Waals surface area (Å²) in [6.45, 7) is 4.04. The number of carbonyl (C=O) groups excluding carboxylic acids is 2. The van der Waals surface area contributed by atoms with Crippen molar-refractivity contribution >= 4 is 39.1 Å². The summed E-state index contributed by atoms with van der Waals surface area (Å²) in [5.74, 6) is 2.54. The highest BCUT2D eigenvalue weighted by Crippen LogP contribution is 2.39. The van der Waals surface area contributed by atoms with Crippen LogP contribution in [0.25, 0.3) is 22.8 Å². The lowest BCUT2D eigenvalue weighted by Crippen LogP contribution is -2.47. The first kappa shape index (κ1) is 47.9. The van der Waals surface area contributed by atoms with Crippen LogP contribution >= 0.6 is 15.9 Å². The third-order valence-electron chi connectivity index (χ3n) is 14.6. The number of piperidine rings is 2. The van der Waals surface area contributed by atoms with Crippen molar-refractivity contribution in [1.29, 1.82) is 0 Å². The topological polar surface area (TPSA) is 225 Å². The van der Waals surface area contributed by atoms with Crippen LogP contribution in [0, 0.1) is 5.82 Å². The molecule has 4 aromatic carbocycles. The fourth-order valence-electron chi connectivity index (χ4n) is 10.6. The SMILES string of the molecule is O=C(N[C@@H]1COc2cc(Br)ccc21)c1cccc(NC2(c3nc(-c4ccncc4)n[nH]3)CCN(Cc3cc(-c4n[nH]c(C5(Nc6cccc(C(=O)N[C@@H]7COc8c(F)cccc87)c6)CCNCC5)n4)ccn3)CC2)c1. The number of H-pyrrole nitrogens is 2. The van der Waals surface area contributed by atoms with E-state index in [4.69, 9.17) is 29.5 Å². The van der Waals surface area contributed by atoms with Crippen molar-refractivity contribution in [2.24, 2.45) is 0 Å². The molecule has 8 aromatic rings. The van der Waals surface area contributed by atoms with Gasteiger partial charge in [-0.05, 0) is 118 Å². The summed E-state index contributed by atoms with van der Waals surface area (Å²) in [6.07, 6.45) is 8.03. The molecule has 4 aliphatic heterocycles. The van der Waals surface area contributed by atoms with Gasteiger partial charge in [-0.15, -0.1) is 0 Å². The summed E-state index contributed by atoms with van der Waals surface area (Å²) in [7, 11) is 0. The second-order valence-corrected chi connectivity index (χ2v) is 20.3. The van der Waals surface area contributed by atoms with E-state index in [-0.39, 0.29) is 30.2 Å². The largest absolute Gasteiger partial charge is 0.491 e. The highest BCUT2D eigenvalue weighted by molar-refractivity contribution is 9.10. The van der Waals surface area contributed by atoms with Gasteiger partial charge in [-0.1, -0.05) is 46.3 Å². The Morgan fingerprint density at radius 1 is 0.680 bits per heavy atom. The van der Waals surface area contributed by atoms with Crippen molar-refractivity contribution < 1.29 is 23.5 Å². The number of rotatable bonds is 14. The number of benzene rings is 4. The lowest BCUT2D eigenvalue weighted by atomic mass is 9.86. The number of pyridine rings is 2. The summed E-state index contributed by atoms with van der Waals surface area (Å²) in [6, 6.07) is 32.5. The minimum absolute atomic E-state index is 0.160. The van der Waals surface area contributed by atoms with E-state index < -0.39 is 22.9 Å². The average molecular weight is 1070 g/mol. The van der Waals surface area contributed by atoms with Crippen molar-refractivity contribution in [2.75, 3.05) is 50.0 Å². The molecule has 8 heterocycles. The zero-order chi connectivity index (χ0) is 50.9. The van der Waals surface area contributed by atoms with Gasteiger partial charge in [0.25, 0.3) is 11.8 Å². The Balaban J connectivity index is 0.734. The number of nitrogens with one attached hydrogen (secondary N) is 7. The minimum atomic E-state index is -0.647. The lowest BCUT2D eigenvalue weighted by molar-refractivity contribution is 0.0922. The molecule has 4 aliphatic rings. The van der Waals surface area contributed by atoms with Gasteiger partial charge in [-0.25, -0.2) is 14.4 Å². The van der Waals surface area contributed by atoms with Crippen LogP contribution in [-0.2, 0) is 17.6 Å². The molecule has 2 amide bonds. The molecule has 0 saturated carbocycles. The number of nitrogens with zero attached hydrogens (tertiary/aromatic N) is 7. The Hall–Kier alpha value is -8.07. The van der Waals surface area contributed by atoms with Crippen molar-refractivity contribution in [3.05, 3.63) is 178 Å². The lowest BCUT2D eigenvalue weighted by Gasteiger charge is -2.41. The molecule has 2 saturated heterocycles. The Labute approximate surface area is 439 Å². The maximum absolute atomic E-state index is 14.3. The molecule has 4 aromatic heterocycles. The molecule has 0 radical (unpaired) electrons. The molecule has 75 heavy (non-hydrogen) atoms. The van der Waals surface area contributed by atoms with E-state index >= 15 is 0 Å². The first-order chi connectivity index (χ1) is 36.7. The maximum atomic E-state index is 14.3. The van der Waals surface area contributed by atoms with Crippen LogP contribution in [0.15, 0.2) is 132 Å². The van der Waals surface area contributed by atoms with Gasteiger partial charge in [-0.3, -0.25) is 34.7 Å². The number of hydrogen-bond donors (Lipinski definition) is 7. The van der Waals surface area contributed by atoms with Crippen LogP contribution in [0.2, 0.25) is 0 Å². The molecule has 0 unspecified atom stereocenters. The van der Waals surface area contributed by atoms with E-state index in [1.54, 1.807) is 36.8 Å². The number of para-hydroxylation sites is 1. The molecule has 12 rings (SSSR count). The van der Waals surface area contributed by atoms with E-state index in [1.807, 2.05) is 84.9 Å². The average Bonchev–Trinajstić information content (AvgIpc) is 4.29. The van der Waals surface area contributed by atoms with Crippen LogP contribution in [0.3, 0.4) is 0 Å². The summed E-state index contributed by atoms with van der Waals surface area (Å²) < 4.78 is 26.7. The maximum Gasteiger partial charge on any atom is 0.251 e. The van der Waals surface area contributed by atoms with Crippen molar-refractivity contribution in [3.8, 4) is 34.3 Å². The Morgan fingerprint density at radius 2 is 1.29 bits per heavy atom. The van der Waals surface area contributed by atoms with Gasteiger partial charge in [0.15, 0.2) is 34.9 Å². The smallest absolute Gasteiger partial charge is 0.251 e. The zero-order valence-electron chi connectivity index (χ0n) is 40.6. The molecular formula is C55H52BrFN14O4. The number of anilines is 2. The van der Waals surface area contributed by atoms with Crippen molar-refractivity contribution in [2.45, 2.75) is 55.4 Å². The van der Waals surface area contributed by atoms with E-state index in [1.165, 1.54) is 6.07 Å². The Morgan fingerprint density at radius 3 is 1.99 bits per heavy atom. The van der Waals surface area contributed by atoms with Crippen LogP contribution in [0.4, 0.5) is 15.8 Å². The molecule has 2 fully saturated rings. The molecular weight excluding hydrogens is 1020 g/mol. The third kappa shape index (κ3) is 9.91. The van der Waals surface area contributed by atoms with Gasteiger partial charge in [0.1, 0.15) is 19.0 Å². The Bertz CT molecular complexity index is 3400. The molecule has 0 aliphatic carbocycles. The molecule has 18 nitrogen and oxygen atoms in total. The number of aromatic nitrogens is 8. The van der Waals surface area contributed by atoms with E-state index in [0.29, 0.717) is 79.1 Å². The monoisotopic (exact) mass is 1070 g/mol. The second-order valence-electron chi connectivity index (χ2n) is 19.4. The fraction of sp³-hybridized carbons (Fsp3) is 0.273. The Kier molecular flexibility index (Phi) is 13.0. The van der Waals surface area contributed by atoms with Gasteiger partial charge in [0.05, 0.1) is 28.9 Å². The minimum Gasteiger partial charge on any atom is -0.491 e. The van der Waals surface area contributed by atoms with Gasteiger partial charge in [0, 0.05) is 87.5 Å². The van der Waals surface area contributed by atoms with Crippen LogP contribution < -0.4 is 36.1 Å². The first-order valence-electron chi connectivity index (χ1n) is 25.0. The van der Waals surface area contributed by atoms with Gasteiger partial charge in [-0.2, -0.15) is 10.2 Å². The summed E-state index contributed by atoms with van der Waals surface area (Å²) in [4.78, 5) is 48.8. The molecule has 7 N–H and O–H groups in total. The predicted molar refractivity (Wildman–Crippen MR) is 281 cm³/mol. The molecule has 20 heteroatoms. The van der Waals surface area contributed by atoms with Gasteiger partial charge >= 0.3 is 0 Å². The van der Waals surface area contributed by atoms with Crippen LogP contribution in [-0.4, -0.2) is 96.4 Å². The number of aromatic amines is 2. The van der Waals surface area contributed by atoms with E-state index in [9.17, 15) is 14.0 Å². The summed E-state index contributed by atoms with van der Waals surface area (Å²) in [5.41, 5.74) is 5.41. The van der Waals surface area contributed by atoms with Crippen LogP contribution in [0.1, 0.15) is 87.0 Å². The number of hydrogen-bond acceptors (Lipinski definition) is 14. The highest BCUT2D eigenvalue weighted by atomic mass is 79.9. The van der Waals surface area contributed by atoms with Crippen molar-refractivity contribution in [1.82, 2.24) is 61.2 Å². The van der Waals surface area contributed by atoms with Crippen LogP contribution in [0.5, 0.6) is 11.5 Å². The quantitative estimate of drug-likeness (QED) is 0.0549. The molecule has 2 atom stereocenters. The van der Waals surface area contributed by atoms with Gasteiger partial charge in [0.2, 0.25) is 0 Å². The van der Waals surface area contributed by atoms with Gasteiger partial charge < -0.3 is 36.1 Å². The van der Waals surface area contributed by atoms with E-state index in [2.05, 4.69) is 67.7 Å². The van der Waals surface area contributed by atoms with E-state index in [0.717, 1.165) is 69.9 Å². The number of fused-ring (bicyclic) bond motifs is 2. The predicted octanol–water partition coefficient (Wildman–Crippen LogP) is 7.97. The summed E-state index contributed by atoms with van der Waals surface area (Å²) in [5, 5.41) is 33.1. The standard InChI is InChI=1S/C55H52BrFN14O4/c56-37-10-11-41-44(31-74-46(41)29-37)61-50(72)35-4-2-7-39(28-35)66-55(53-63-48(67-70-53)33-12-19-58-20-13-33)17-24-71(25-18-55)30-40-26-34(14-21-60-40)49-64-52(69-68-49)54(15-22-59-23-16-54)65-38-6-1-5-36(27-38)51(73)62-45-32-75-47-42(45)8-3-9-43(47)57/h1-14,19-21,26-29,44-45,59,65-66H,15-18,22-25,30-32H2,(H,61,72)(H,62,73)(H,63,67,70)(H,64,68,69)/t44-,45-/m1/s1. The highest BCUT2D eigenvalue weighted by Gasteiger charge is 2.41. The molecule has 0 bridgehead atoms. The van der Waals surface area contributed by atoms with Crippen molar-refractivity contribution in [3.63, 3.8) is 0 Å². The number of halogens is 2. The fourth-order valence-corrected chi connectivity index (χ4v) is 10.9.